The van der Waals surface area contributed by atoms with Gasteiger partial charge in [0.2, 0.25) is 0 Å². The zero-order chi connectivity index (χ0) is 11.5. The van der Waals surface area contributed by atoms with E-state index >= 15 is 0 Å². The van der Waals surface area contributed by atoms with Crippen LogP contribution in [0.15, 0.2) is 18.2 Å². The van der Waals surface area contributed by atoms with Crippen LogP contribution >= 0.6 is 0 Å². The Morgan fingerprint density at radius 2 is 2.31 bits per heavy atom. The average Bonchev–Trinajstić information content (AvgIpc) is 2.30. The first-order valence-electron chi connectivity index (χ1n) is 5.39. The molecule has 1 aromatic rings. The van der Waals surface area contributed by atoms with Gasteiger partial charge >= 0.3 is 0 Å². The van der Waals surface area contributed by atoms with Crippen LogP contribution in [-0.4, -0.2) is 26.4 Å². The number of benzene rings is 1. The van der Waals surface area contributed by atoms with Crippen molar-refractivity contribution in [2.45, 2.75) is 19.1 Å². The number of hydrogen-bond donors (Lipinski definition) is 1. The molecule has 0 aliphatic carbocycles. The van der Waals surface area contributed by atoms with Crippen LogP contribution in [0.3, 0.4) is 0 Å². The van der Waals surface area contributed by atoms with Crippen molar-refractivity contribution >= 4 is 0 Å². The maximum absolute atomic E-state index is 13.2. The van der Waals surface area contributed by atoms with Gasteiger partial charge in [0.25, 0.3) is 0 Å². The zero-order valence-electron chi connectivity index (χ0n) is 9.50. The van der Waals surface area contributed by atoms with Crippen molar-refractivity contribution in [2.75, 3.05) is 20.3 Å². The lowest BCUT2D eigenvalue weighted by Crippen LogP contribution is -2.39. The van der Waals surface area contributed by atoms with Gasteiger partial charge in [-0.1, -0.05) is 0 Å². The third-order valence-corrected chi connectivity index (χ3v) is 2.77. The van der Waals surface area contributed by atoms with Gasteiger partial charge in [-0.25, -0.2) is 4.39 Å². The van der Waals surface area contributed by atoms with Crippen molar-refractivity contribution < 1.29 is 13.9 Å². The van der Waals surface area contributed by atoms with Gasteiger partial charge in [-0.05, 0) is 25.1 Å². The third-order valence-electron chi connectivity index (χ3n) is 2.77. The molecule has 2 rings (SSSR count). The molecule has 0 bridgehead atoms. The molecule has 0 radical (unpaired) electrons. The van der Waals surface area contributed by atoms with Crippen molar-refractivity contribution in [3.8, 4) is 5.75 Å². The zero-order valence-corrected chi connectivity index (χ0v) is 9.50. The minimum atomic E-state index is -0.253. The Kier molecular flexibility index (Phi) is 3.41. The minimum Gasteiger partial charge on any atom is -0.496 e. The van der Waals surface area contributed by atoms with E-state index in [0.717, 1.165) is 12.1 Å². The first-order chi connectivity index (χ1) is 7.70. The average molecular weight is 225 g/mol. The van der Waals surface area contributed by atoms with E-state index in [1.54, 1.807) is 13.2 Å². The van der Waals surface area contributed by atoms with Crippen LogP contribution in [-0.2, 0) is 4.74 Å². The van der Waals surface area contributed by atoms with E-state index in [4.69, 9.17) is 9.47 Å². The summed E-state index contributed by atoms with van der Waals surface area (Å²) >= 11 is 0. The Balaban J connectivity index is 2.21. The number of hydrogen-bond acceptors (Lipinski definition) is 3. The summed E-state index contributed by atoms with van der Waals surface area (Å²) in [5.41, 5.74) is 0.814. The van der Waals surface area contributed by atoms with Crippen LogP contribution in [0.5, 0.6) is 5.75 Å². The molecule has 1 aliphatic rings. The number of halogens is 1. The second-order valence-electron chi connectivity index (χ2n) is 3.99. The molecule has 1 N–H and O–H groups in total. The summed E-state index contributed by atoms with van der Waals surface area (Å²) in [7, 11) is 1.59. The van der Waals surface area contributed by atoms with Crippen LogP contribution in [0.25, 0.3) is 0 Å². The Morgan fingerprint density at radius 3 is 2.94 bits per heavy atom. The fraction of sp³-hybridized carbons (Fsp3) is 0.500. The molecule has 16 heavy (non-hydrogen) atoms. The molecule has 0 aromatic heterocycles. The smallest absolute Gasteiger partial charge is 0.123 e. The van der Waals surface area contributed by atoms with Gasteiger partial charge < -0.3 is 14.8 Å². The lowest BCUT2D eigenvalue weighted by atomic mass is 10.0. The standard InChI is InChI=1S/C12H16FNO2/c1-8-6-14-11(7-16-8)10-5-9(13)3-4-12(10)15-2/h3-5,8,11,14H,6-7H2,1-2H3. The Morgan fingerprint density at radius 1 is 1.50 bits per heavy atom. The molecule has 1 aromatic carbocycles. The van der Waals surface area contributed by atoms with E-state index in [1.807, 2.05) is 6.92 Å². The largest absolute Gasteiger partial charge is 0.496 e. The summed E-state index contributed by atoms with van der Waals surface area (Å²) in [5, 5.41) is 3.32. The lowest BCUT2D eigenvalue weighted by molar-refractivity contribution is 0.0144. The molecule has 4 heteroatoms. The number of methoxy groups -OCH3 is 1. The second-order valence-corrected chi connectivity index (χ2v) is 3.99. The molecule has 1 aliphatic heterocycles. The van der Waals surface area contributed by atoms with E-state index < -0.39 is 0 Å². The predicted molar refractivity (Wildman–Crippen MR) is 59.1 cm³/mol. The van der Waals surface area contributed by atoms with Crippen molar-refractivity contribution in [3.63, 3.8) is 0 Å². The highest BCUT2D eigenvalue weighted by molar-refractivity contribution is 5.36. The van der Waals surface area contributed by atoms with Crippen LogP contribution in [0.2, 0.25) is 0 Å². The monoisotopic (exact) mass is 225 g/mol. The SMILES string of the molecule is COc1ccc(F)cc1C1COC(C)CN1. The van der Waals surface area contributed by atoms with E-state index in [0.29, 0.717) is 12.4 Å². The van der Waals surface area contributed by atoms with Crippen molar-refractivity contribution in [3.05, 3.63) is 29.6 Å². The summed E-state index contributed by atoms with van der Waals surface area (Å²) in [6, 6.07) is 4.54. The summed E-state index contributed by atoms with van der Waals surface area (Å²) in [6.07, 6.45) is 0.204. The second kappa shape index (κ2) is 4.80. The predicted octanol–water partition coefficient (Wildman–Crippen LogP) is 1.88. The fourth-order valence-electron chi connectivity index (χ4n) is 1.86. The molecule has 88 valence electrons. The van der Waals surface area contributed by atoms with Gasteiger partial charge in [-0.3, -0.25) is 0 Å². The van der Waals surface area contributed by atoms with Crippen molar-refractivity contribution in [1.29, 1.82) is 0 Å². The van der Waals surface area contributed by atoms with Gasteiger partial charge in [-0.2, -0.15) is 0 Å². The minimum absolute atomic E-state index is 0.00171. The quantitative estimate of drug-likeness (QED) is 0.833. The Bertz CT molecular complexity index is 362. The first kappa shape index (κ1) is 11.4. The summed E-state index contributed by atoms with van der Waals surface area (Å²) in [6.45, 7) is 3.32. The maximum atomic E-state index is 13.2. The Hall–Kier alpha value is -1.13. The Labute approximate surface area is 94.6 Å². The molecule has 0 amide bonds. The highest BCUT2D eigenvalue weighted by Gasteiger charge is 2.22. The van der Waals surface area contributed by atoms with Crippen LogP contribution in [0, 0.1) is 5.82 Å². The molecule has 2 unspecified atom stereocenters. The van der Waals surface area contributed by atoms with E-state index in [9.17, 15) is 4.39 Å². The summed E-state index contributed by atoms with van der Waals surface area (Å²) in [4.78, 5) is 0. The van der Waals surface area contributed by atoms with E-state index in [-0.39, 0.29) is 18.0 Å². The highest BCUT2D eigenvalue weighted by atomic mass is 19.1. The van der Waals surface area contributed by atoms with Gasteiger partial charge in [0.15, 0.2) is 0 Å². The van der Waals surface area contributed by atoms with Crippen LogP contribution < -0.4 is 10.1 Å². The molecule has 1 fully saturated rings. The normalized spacial score (nSPS) is 25.4. The summed E-state index contributed by atoms with van der Waals surface area (Å²) < 4.78 is 24.0. The molecule has 1 saturated heterocycles. The summed E-state index contributed by atoms with van der Waals surface area (Å²) in [5.74, 6) is 0.438. The van der Waals surface area contributed by atoms with Crippen LogP contribution in [0.1, 0.15) is 18.5 Å². The van der Waals surface area contributed by atoms with Gasteiger partial charge in [0.05, 0.1) is 25.9 Å². The van der Waals surface area contributed by atoms with Crippen molar-refractivity contribution in [1.82, 2.24) is 5.32 Å². The van der Waals surface area contributed by atoms with Crippen molar-refractivity contribution in [2.24, 2.45) is 0 Å². The molecule has 2 atom stereocenters. The number of rotatable bonds is 2. The number of ether oxygens (including phenoxy) is 2. The highest BCUT2D eigenvalue weighted by Crippen LogP contribution is 2.27. The van der Waals surface area contributed by atoms with E-state index in [2.05, 4.69) is 5.32 Å². The third kappa shape index (κ3) is 2.33. The van der Waals surface area contributed by atoms with Gasteiger partial charge in [0, 0.05) is 12.1 Å². The maximum Gasteiger partial charge on any atom is 0.123 e. The molecule has 3 nitrogen and oxygen atoms in total. The molecular formula is C12H16FNO2. The van der Waals surface area contributed by atoms with Gasteiger partial charge in [-0.15, -0.1) is 0 Å². The molecule has 0 saturated carbocycles. The molecule has 0 spiro atoms. The molecular weight excluding hydrogens is 209 g/mol. The number of morpholine rings is 1. The topological polar surface area (TPSA) is 30.5 Å². The lowest BCUT2D eigenvalue weighted by Gasteiger charge is -2.29. The number of nitrogens with one attached hydrogen (secondary N) is 1. The van der Waals surface area contributed by atoms with Crippen LogP contribution in [0.4, 0.5) is 4.39 Å². The molecule has 1 heterocycles. The first-order valence-corrected chi connectivity index (χ1v) is 5.39. The van der Waals surface area contributed by atoms with E-state index in [1.165, 1.54) is 12.1 Å². The fourth-order valence-corrected chi connectivity index (χ4v) is 1.86. The van der Waals surface area contributed by atoms with Gasteiger partial charge in [0.1, 0.15) is 11.6 Å².